The zero-order valence-electron chi connectivity index (χ0n) is 23.2. The molecule has 0 atom stereocenters. The minimum atomic E-state index is -0.413. The van der Waals surface area contributed by atoms with Gasteiger partial charge in [0.15, 0.2) is 0 Å². The van der Waals surface area contributed by atoms with Gasteiger partial charge in [-0.05, 0) is 53.1 Å². The van der Waals surface area contributed by atoms with E-state index in [2.05, 4.69) is 25.6 Å². The Labute approximate surface area is 240 Å². The summed E-state index contributed by atoms with van der Waals surface area (Å²) in [4.78, 5) is 31.2. The molecule has 0 radical (unpaired) electrons. The molecule has 8 nitrogen and oxygen atoms in total. The molecule has 0 aliphatic carbocycles. The van der Waals surface area contributed by atoms with Crippen LogP contribution in [-0.4, -0.2) is 72.3 Å². The molecule has 3 N–H and O–H groups in total. The fraction of sp³-hybridized carbons (Fsp3) is 0.242. The van der Waals surface area contributed by atoms with Gasteiger partial charge in [0.25, 0.3) is 11.8 Å². The highest BCUT2D eigenvalue weighted by Gasteiger charge is 2.18. The zero-order valence-corrected chi connectivity index (χ0v) is 23.2. The van der Waals surface area contributed by atoms with Crippen LogP contribution in [0.2, 0.25) is 0 Å². The number of aryl methyl sites for hydroxylation is 1. The number of piperazine rings is 1. The molecule has 0 aromatic heterocycles. The third-order valence-electron chi connectivity index (χ3n) is 7.31. The van der Waals surface area contributed by atoms with Crippen LogP contribution in [0.4, 0.5) is 5.69 Å². The maximum atomic E-state index is 13.4. The van der Waals surface area contributed by atoms with Crippen LogP contribution in [0.3, 0.4) is 0 Å². The predicted octanol–water partition coefficient (Wildman–Crippen LogP) is 4.27. The van der Waals surface area contributed by atoms with E-state index in [1.165, 1.54) is 0 Å². The number of fused-ring (bicyclic) bond motifs is 1. The highest BCUT2D eigenvalue weighted by Crippen LogP contribution is 2.25. The first-order valence-electron chi connectivity index (χ1n) is 13.9. The normalized spacial score (nSPS) is 14.4. The van der Waals surface area contributed by atoms with Gasteiger partial charge in [0.05, 0.1) is 24.1 Å². The van der Waals surface area contributed by atoms with Crippen LogP contribution in [-0.2, 0) is 6.54 Å². The minimum Gasteiger partial charge on any atom is -0.395 e. The summed E-state index contributed by atoms with van der Waals surface area (Å²) in [6, 6.07) is 26.7. The molecule has 0 spiro atoms. The van der Waals surface area contributed by atoms with E-state index in [1.54, 1.807) is 18.3 Å². The summed E-state index contributed by atoms with van der Waals surface area (Å²) in [6.45, 7) is 7.31. The Morgan fingerprint density at radius 1 is 0.854 bits per heavy atom. The molecular weight excluding hydrogens is 514 g/mol. The monoisotopic (exact) mass is 549 g/mol. The van der Waals surface area contributed by atoms with Crippen molar-refractivity contribution in [3.05, 3.63) is 113 Å². The fourth-order valence-corrected chi connectivity index (χ4v) is 4.99. The highest BCUT2D eigenvalue weighted by molar-refractivity contribution is 6.11. The van der Waals surface area contributed by atoms with Crippen molar-refractivity contribution in [2.24, 2.45) is 5.10 Å². The Balaban J connectivity index is 1.31. The van der Waals surface area contributed by atoms with Crippen molar-refractivity contribution in [2.45, 2.75) is 13.5 Å². The van der Waals surface area contributed by atoms with Crippen molar-refractivity contribution < 1.29 is 14.7 Å². The first-order chi connectivity index (χ1) is 20.0. The number of hydrogen-bond donors (Lipinski definition) is 3. The number of benzene rings is 4. The van der Waals surface area contributed by atoms with Crippen LogP contribution in [0.15, 0.2) is 90.0 Å². The SMILES string of the molecule is Cc1ccc(/C=N/NC(=O)c2cc3ccccc3cc2NC(=O)c2cccc(CN3CCN(CCO)CC3)c2)cc1. The van der Waals surface area contributed by atoms with Gasteiger partial charge in [0, 0.05) is 44.8 Å². The van der Waals surface area contributed by atoms with Gasteiger partial charge in [-0.15, -0.1) is 0 Å². The number of amides is 2. The summed E-state index contributed by atoms with van der Waals surface area (Å²) >= 11 is 0. The van der Waals surface area contributed by atoms with Crippen LogP contribution in [0.5, 0.6) is 0 Å². The van der Waals surface area contributed by atoms with E-state index in [1.807, 2.05) is 79.7 Å². The molecule has 8 heteroatoms. The summed E-state index contributed by atoms with van der Waals surface area (Å²) in [5, 5.41) is 18.1. The van der Waals surface area contributed by atoms with E-state index in [0.29, 0.717) is 23.4 Å². The molecule has 4 aromatic rings. The average molecular weight is 550 g/mol. The number of nitrogens with zero attached hydrogens (tertiary/aromatic N) is 3. The van der Waals surface area contributed by atoms with Crippen molar-refractivity contribution in [3.63, 3.8) is 0 Å². The number of aliphatic hydroxyl groups is 1. The molecule has 4 aromatic carbocycles. The quantitative estimate of drug-likeness (QED) is 0.214. The summed E-state index contributed by atoms with van der Waals surface area (Å²) in [5.74, 6) is -0.699. The first kappa shape index (κ1) is 28.2. The van der Waals surface area contributed by atoms with Gasteiger partial charge < -0.3 is 10.4 Å². The number of anilines is 1. The third-order valence-corrected chi connectivity index (χ3v) is 7.31. The maximum Gasteiger partial charge on any atom is 0.273 e. The van der Waals surface area contributed by atoms with Crippen molar-refractivity contribution in [1.82, 2.24) is 15.2 Å². The lowest BCUT2D eigenvalue weighted by Gasteiger charge is -2.34. The van der Waals surface area contributed by atoms with Crippen molar-refractivity contribution in [3.8, 4) is 0 Å². The van der Waals surface area contributed by atoms with Gasteiger partial charge in [-0.25, -0.2) is 5.43 Å². The Kier molecular flexibility index (Phi) is 9.15. The van der Waals surface area contributed by atoms with E-state index < -0.39 is 5.91 Å². The van der Waals surface area contributed by atoms with E-state index in [0.717, 1.165) is 60.2 Å². The summed E-state index contributed by atoms with van der Waals surface area (Å²) < 4.78 is 0. The fourth-order valence-electron chi connectivity index (χ4n) is 4.99. The Hall–Kier alpha value is -4.37. The standard InChI is InChI=1S/C33H35N5O3/c1-24-9-11-25(12-10-24)22-34-36-33(41)30-20-27-6-2-3-7-28(27)21-31(30)35-32(40)29-8-4-5-26(19-29)23-38-15-13-37(14-16-38)17-18-39/h2-12,19-22,39H,13-18,23H2,1H3,(H,35,40)(H,36,41)/b34-22+. The summed E-state index contributed by atoms with van der Waals surface area (Å²) in [6.07, 6.45) is 1.59. The lowest BCUT2D eigenvalue weighted by molar-refractivity contribution is 0.0956. The van der Waals surface area contributed by atoms with E-state index >= 15 is 0 Å². The third kappa shape index (κ3) is 7.43. The van der Waals surface area contributed by atoms with E-state index in [-0.39, 0.29) is 12.5 Å². The molecule has 0 unspecified atom stereocenters. The smallest absolute Gasteiger partial charge is 0.273 e. The molecule has 2 amide bonds. The van der Waals surface area contributed by atoms with Crippen LogP contribution in [0, 0.1) is 6.92 Å². The van der Waals surface area contributed by atoms with Crippen LogP contribution < -0.4 is 10.7 Å². The van der Waals surface area contributed by atoms with E-state index in [9.17, 15) is 14.7 Å². The van der Waals surface area contributed by atoms with Gasteiger partial charge in [0.2, 0.25) is 0 Å². The van der Waals surface area contributed by atoms with Crippen molar-refractivity contribution in [2.75, 3.05) is 44.6 Å². The number of β-amino-alcohol motifs (C(OH)–C–C–N with tert-alkyl or cyclic N) is 1. The Morgan fingerprint density at radius 3 is 2.29 bits per heavy atom. The Morgan fingerprint density at radius 2 is 1.56 bits per heavy atom. The molecule has 1 saturated heterocycles. The predicted molar refractivity (Wildman–Crippen MR) is 163 cm³/mol. The van der Waals surface area contributed by atoms with Gasteiger partial charge >= 0.3 is 0 Å². The minimum absolute atomic E-state index is 0.179. The second-order valence-corrected chi connectivity index (χ2v) is 10.4. The average Bonchev–Trinajstić information content (AvgIpc) is 2.99. The zero-order chi connectivity index (χ0) is 28.6. The van der Waals surface area contributed by atoms with Crippen molar-refractivity contribution >= 4 is 34.5 Å². The molecule has 0 bridgehead atoms. The molecule has 5 rings (SSSR count). The highest BCUT2D eigenvalue weighted by atomic mass is 16.3. The molecule has 1 aliphatic heterocycles. The number of carbonyl (C=O) groups is 2. The molecule has 41 heavy (non-hydrogen) atoms. The maximum absolute atomic E-state index is 13.4. The molecule has 1 fully saturated rings. The second kappa shape index (κ2) is 13.3. The van der Waals surface area contributed by atoms with E-state index in [4.69, 9.17) is 0 Å². The van der Waals surface area contributed by atoms with Crippen LogP contribution >= 0.6 is 0 Å². The molecular formula is C33H35N5O3. The topological polar surface area (TPSA) is 97.3 Å². The first-order valence-corrected chi connectivity index (χ1v) is 13.9. The largest absolute Gasteiger partial charge is 0.395 e. The number of hydrogen-bond acceptors (Lipinski definition) is 6. The molecule has 1 heterocycles. The van der Waals surface area contributed by atoms with Crippen LogP contribution in [0.1, 0.15) is 37.4 Å². The number of aliphatic hydroxyl groups excluding tert-OH is 1. The number of hydrazone groups is 1. The lowest BCUT2D eigenvalue weighted by atomic mass is 10.0. The van der Waals surface area contributed by atoms with Crippen LogP contribution in [0.25, 0.3) is 10.8 Å². The summed E-state index contributed by atoms with van der Waals surface area (Å²) in [5.41, 5.74) is 6.94. The van der Waals surface area contributed by atoms with Gasteiger partial charge in [-0.2, -0.15) is 5.10 Å². The van der Waals surface area contributed by atoms with Gasteiger partial charge in [-0.1, -0.05) is 66.2 Å². The number of carbonyl (C=O) groups excluding carboxylic acids is 2. The number of rotatable bonds is 9. The molecule has 210 valence electrons. The molecule has 0 saturated carbocycles. The lowest BCUT2D eigenvalue weighted by Crippen LogP contribution is -2.46. The van der Waals surface area contributed by atoms with Crippen molar-refractivity contribution in [1.29, 1.82) is 0 Å². The van der Waals surface area contributed by atoms with Gasteiger partial charge in [-0.3, -0.25) is 19.4 Å². The molecule has 1 aliphatic rings. The second-order valence-electron chi connectivity index (χ2n) is 10.4. The Bertz CT molecular complexity index is 1540. The van der Waals surface area contributed by atoms with Gasteiger partial charge in [0.1, 0.15) is 0 Å². The summed E-state index contributed by atoms with van der Waals surface area (Å²) in [7, 11) is 0. The number of nitrogens with one attached hydrogen (secondary N) is 2.